The molecule has 140 valence electrons. The minimum Gasteiger partial charge on any atom is -0.497 e. The number of nitrogens with one attached hydrogen (secondary N) is 1. The first-order chi connectivity index (χ1) is 12.9. The van der Waals surface area contributed by atoms with Crippen molar-refractivity contribution >= 4 is 27.5 Å². The van der Waals surface area contributed by atoms with Crippen LogP contribution in [0.1, 0.15) is 5.56 Å². The first kappa shape index (κ1) is 18.4. The molecule has 3 aromatic rings. The van der Waals surface area contributed by atoms with Crippen molar-refractivity contribution in [3.8, 4) is 5.75 Å². The number of nitrogen functional groups attached to an aromatic ring is 1. The van der Waals surface area contributed by atoms with E-state index in [1.54, 1.807) is 54.6 Å². The molecule has 1 aromatic heterocycles. The van der Waals surface area contributed by atoms with Gasteiger partial charge in [-0.15, -0.1) is 9.78 Å². The average Bonchev–Trinajstić information content (AvgIpc) is 3.06. The van der Waals surface area contributed by atoms with Gasteiger partial charge in [0.2, 0.25) is 15.8 Å². The number of carbonyl (C=O) groups is 1. The number of anilines is 2. The number of sulfone groups is 1. The van der Waals surface area contributed by atoms with Gasteiger partial charge in [0.25, 0.3) is 5.16 Å². The third-order valence-electron chi connectivity index (χ3n) is 3.62. The number of aromatic nitrogens is 3. The van der Waals surface area contributed by atoms with Gasteiger partial charge in [-0.25, -0.2) is 13.2 Å². The molecule has 0 aliphatic heterocycles. The number of amides is 1. The molecule has 0 unspecified atom stereocenters. The molecule has 10 heteroatoms. The number of hydrogen-bond acceptors (Lipinski definition) is 7. The second-order valence-electron chi connectivity index (χ2n) is 5.57. The lowest BCUT2D eigenvalue weighted by Gasteiger charge is -2.06. The summed E-state index contributed by atoms with van der Waals surface area (Å²) in [6, 6.07) is 14.4. The van der Waals surface area contributed by atoms with Crippen LogP contribution < -0.4 is 15.8 Å². The zero-order valence-electron chi connectivity index (χ0n) is 14.4. The molecular weight excluding hydrogens is 370 g/mol. The van der Waals surface area contributed by atoms with Crippen LogP contribution in [-0.4, -0.2) is 36.3 Å². The zero-order chi connectivity index (χ0) is 19.4. The van der Waals surface area contributed by atoms with Crippen LogP contribution in [0.2, 0.25) is 0 Å². The summed E-state index contributed by atoms with van der Waals surface area (Å²) in [6.45, 7) is 0. The normalized spacial score (nSPS) is 11.1. The molecule has 3 rings (SSSR count). The third-order valence-corrected chi connectivity index (χ3v) is 5.07. The van der Waals surface area contributed by atoms with Crippen LogP contribution in [0.15, 0.2) is 59.8 Å². The fourth-order valence-corrected chi connectivity index (χ4v) is 3.49. The lowest BCUT2D eigenvalue weighted by atomic mass is 10.2. The van der Waals surface area contributed by atoms with Gasteiger partial charge in [0, 0.05) is 5.69 Å². The summed E-state index contributed by atoms with van der Waals surface area (Å²) in [5, 5.41) is 5.81. The predicted octanol–water partition coefficient (Wildman–Crippen LogP) is 1.92. The van der Waals surface area contributed by atoms with Gasteiger partial charge in [0.05, 0.1) is 12.9 Å². The van der Waals surface area contributed by atoms with E-state index >= 15 is 0 Å². The quantitative estimate of drug-likeness (QED) is 0.684. The van der Waals surface area contributed by atoms with E-state index in [1.165, 1.54) is 7.11 Å². The van der Waals surface area contributed by atoms with Crippen LogP contribution in [0.3, 0.4) is 0 Å². The molecule has 0 saturated heterocycles. The van der Waals surface area contributed by atoms with E-state index in [-0.39, 0.29) is 11.7 Å². The van der Waals surface area contributed by atoms with Crippen molar-refractivity contribution < 1.29 is 17.9 Å². The maximum atomic E-state index is 12.5. The van der Waals surface area contributed by atoms with Gasteiger partial charge < -0.3 is 15.8 Å². The fourth-order valence-electron chi connectivity index (χ4n) is 2.29. The van der Waals surface area contributed by atoms with Crippen molar-refractivity contribution in [2.75, 3.05) is 18.2 Å². The number of nitrogens with zero attached hydrogens (tertiary/aromatic N) is 3. The van der Waals surface area contributed by atoms with Gasteiger partial charge in [-0.05, 0) is 29.8 Å². The van der Waals surface area contributed by atoms with Crippen molar-refractivity contribution in [3.05, 3.63) is 60.2 Å². The topological polar surface area (TPSA) is 129 Å². The average molecular weight is 387 g/mol. The molecule has 0 saturated carbocycles. The standard InChI is InChI=1S/C17H17N5O4S/c1-26-14-9-7-13(8-10-14)19-17(23)22-15(18)20-16(21-22)27(24,25)11-12-5-3-2-4-6-12/h2-10H,11H2,1H3,(H,19,23)(H2,18,20,21). The van der Waals surface area contributed by atoms with Crippen molar-refractivity contribution in [1.29, 1.82) is 0 Å². The van der Waals surface area contributed by atoms with Crippen LogP contribution in [0.25, 0.3) is 0 Å². The minimum absolute atomic E-state index is 0.294. The van der Waals surface area contributed by atoms with Gasteiger partial charge >= 0.3 is 6.03 Å². The number of benzene rings is 2. The molecule has 3 N–H and O–H groups in total. The smallest absolute Gasteiger partial charge is 0.349 e. The Hall–Kier alpha value is -3.40. The molecule has 27 heavy (non-hydrogen) atoms. The second-order valence-corrected chi connectivity index (χ2v) is 7.45. The van der Waals surface area contributed by atoms with E-state index in [2.05, 4.69) is 15.4 Å². The molecule has 0 bridgehead atoms. The van der Waals surface area contributed by atoms with E-state index < -0.39 is 21.0 Å². The number of rotatable bonds is 5. The van der Waals surface area contributed by atoms with E-state index in [1.807, 2.05) is 0 Å². The van der Waals surface area contributed by atoms with Crippen molar-refractivity contribution in [3.63, 3.8) is 0 Å². The second kappa shape index (κ2) is 7.46. The maximum absolute atomic E-state index is 12.5. The molecule has 0 aliphatic rings. The summed E-state index contributed by atoms with van der Waals surface area (Å²) in [5.74, 6) is 0.00687. The van der Waals surface area contributed by atoms with E-state index in [0.717, 1.165) is 0 Å². The highest BCUT2D eigenvalue weighted by atomic mass is 32.2. The van der Waals surface area contributed by atoms with Gasteiger partial charge in [-0.1, -0.05) is 30.3 Å². The molecule has 0 fully saturated rings. The molecule has 0 radical (unpaired) electrons. The predicted molar refractivity (Wildman–Crippen MR) is 99.2 cm³/mol. The zero-order valence-corrected chi connectivity index (χ0v) is 15.2. The van der Waals surface area contributed by atoms with Crippen LogP contribution >= 0.6 is 0 Å². The molecule has 0 atom stereocenters. The number of hydrogen-bond donors (Lipinski definition) is 2. The van der Waals surface area contributed by atoms with Crippen LogP contribution in [-0.2, 0) is 15.6 Å². The Morgan fingerprint density at radius 2 is 1.81 bits per heavy atom. The number of nitrogens with two attached hydrogens (primary N) is 1. The fraction of sp³-hybridized carbons (Fsp3) is 0.118. The van der Waals surface area contributed by atoms with Crippen molar-refractivity contribution in [1.82, 2.24) is 14.8 Å². The highest BCUT2D eigenvalue weighted by Gasteiger charge is 2.24. The van der Waals surface area contributed by atoms with Crippen molar-refractivity contribution in [2.24, 2.45) is 0 Å². The molecule has 1 heterocycles. The summed E-state index contributed by atoms with van der Waals surface area (Å²) >= 11 is 0. The van der Waals surface area contributed by atoms with Gasteiger partial charge in [0.1, 0.15) is 5.75 Å². The number of ether oxygens (including phenoxy) is 1. The lowest BCUT2D eigenvalue weighted by Crippen LogP contribution is -2.22. The monoisotopic (exact) mass is 387 g/mol. The summed E-state index contributed by atoms with van der Waals surface area (Å²) < 4.78 is 30.7. The van der Waals surface area contributed by atoms with Crippen LogP contribution in [0, 0.1) is 0 Å². The Labute approximate surface area is 155 Å². The van der Waals surface area contributed by atoms with Crippen LogP contribution in [0.4, 0.5) is 16.4 Å². The van der Waals surface area contributed by atoms with E-state index in [0.29, 0.717) is 21.7 Å². The molecule has 0 aliphatic carbocycles. The summed E-state index contributed by atoms with van der Waals surface area (Å²) in [7, 11) is -2.32. The SMILES string of the molecule is COc1ccc(NC(=O)n2nc(S(=O)(=O)Cc3ccccc3)nc2N)cc1. The molecular formula is C17H17N5O4S. The Kier molecular flexibility index (Phi) is 5.08. The Balaban J connectivity index is 1.79. The molecule has 0 spiro atoms. The molecule has 1 amide bonds. The number of methoxy groups -OCH3 is 1. The lowest BCUT2D eigenvalue weighted by molar-refractivity contribution is 0.251. The van der Waals surface area contributed by atoms with Gasteiger partial charge in [-0.2, -0.15) is 4.98 Å². The molecule has 9 nitrogen and oxygen atoms in total. The maximum Gasteiger partial charge on any atom is 0.349 e. The minimum atomic E-state index is -3.85. The van der Waals surface area contributed by atoms with Crippen molar-refractivity contribution in [2.45, 2.75) is 10.9 Å². The first-order valence-corrected chi connectivity index (χ1v) is 9.49. The summed E-state index contributed by atoms with van der Waals surface area (Å²) in [4.78, 5) is 16.1. The largest absolute Gasteiger partial charge is 0.497 e. The third kappa shape index (κ3) is 4.23. The Bertz CT molecular complexity index is 1050. The Morgan fingerprint density at radius 1 is 1.15 bits per heavy atom. The van der Waals surface area contributed by atoms with Crippen LogP contribution in [0.5, 0.6) is 5.75 Å². The van der Waals surface area contributed by atoms with E-state index in [9.17, 15) is 13.2 Å². The first-order valence-electron chi connectivity index (χ1n) is 7.83. The highest BCUT2D eigenvalue weighted by molar-refractivity contribution is 7.90. The molecule has 2 aromatic carbocycles. The summed E-state index contributed by atoms with van der Waals surface area (Å²) in [5.41, 5.74) is 6.72. The van der Waals surface area contributed by atoms with Gasteiger partial charge in [-0.3, -0.25) is 0 Å². The summed E-state index contributed by atoms with van der Waals surface area (Å²) in [6.07, 6.45) is 0. The number of carbonyl (C=O) groups excluding carboxylic acids is 1. The van der Waals surface area contributed by atoms with Gasteiger partial charge in [0.15, 0.2) is 0 Å². The Morgan fingerprint density at radius 3 is 2.44 bits per heavy atom. The van der Waals surface area contributed by atoms with E-state index in [4.69, 9.17) is 10.5 Å². The highest BCUT2D eigenvalue weighted by Crippen LogP contribution is 2.17.